The van der Waals surface area contributed by atoms with Crippen LogP contribution in [0, 0.1) is 11.8 Å². The lowest BCUT2D eigenvalue weighted by molar-refractivity contribution is 0.0927. The summed E-state index contributed by atoms with van der Waals surface area (Å²) in [4.78, 5) is 12.9. The van der Waals surface area contributed by atoms with E-state index in [9.17, 15) is 4.79 Å². The van der Waals surface area contributed by atoms with E-state index in [1.807, 2.05) is 6.07 Å². The van der Waals surface area contributed by atoms with Crippen LogP contribution in [-0.2, 0) is 0 Å². The van der Waals surface area contributed by atoms with E-state index >= 15 is 0 Å². The average Bonchev–Trinajstić information content (AvgIpc) is 2.95. The minimum absolute atomic E-state index is 0.0824. The maximum atomic E-state index is 12.1. The molecule has 3 rings (SSSR count). The van der Waals surface area contributed by atoms with E-state index in [1.165, 1.54) is 37.0 Å². The maximum absolute atomic E-state index is 12.1. The van der Waals surface area contributed by atoms with Gasteiger partial charge in [-0.3, -0.25) is 4.79 Å². The smallest absolute Gasteiger partial charge is 0.261 e. The second-order valence-corrected chi connectivity index (χ2v) is 8.21. The first-order chi connectivity index (χ1) is 8.13. The summed E-state index contributed by atoms with van der Waals surface area (Å²) in [6.07, 6.45) is 5.17. The van der Waals surface area contributed by atoms with Gasteiger partial charge in [0.1, 0.15) is 0 Å². The van der Waals surface area contributed by atoms with Crippen molar-refractivity contribution in [2.75, 3.05) is 0 Å². The third kappa shape index (κ3) is 2.34. The lowest BCUT2D eigenvalue weighted by Gasteiger charge is -2.22. The highest BCUT2D eigenvalue weighted by atomic mass is 79.9. The van der Waals surface area contributed by atoms with Gasteiger partial charge in [0.05, 0.1) is 8.66 Å². The summed E-state index contributed by atoms with van der Waals surface area (Å²) in [5.74, 6) is 1.68. The van der Waals surface area contributed by atoms with Crippen molar-refractivity contribution in [1.82, 2.24) is 5.32 Å². The molecule has 2 bridgehead atoms. The maximum Gasteiger partial charge on any atom is 0.261 e. The minimum atomic E-state index is 0.0824. The molecule has 1 N–H and O–H groups in total. The molecule has 5 heteroatoms. The molecular weight excluding hydrogens is 366 g/mol. The third-order valence-corrected chi connectivity index (χ3v) is 7.18. The summed E-state index contributed by atoms with van der Waals surface area (Å²) in [6, 6.07) is 2.30. The molecule has 2 aliphatic rings. The fraction of sp³-hybridized carbons (Fsp3) is 0.583. The predicted molar refractivity (Wildman–Crippen MR) is 76.4 cm³/mol. The zero-order chi connectivity index (χ0) is 12.0. The summed E-state index contributed by atoms with van der Waals surface area (Å²) in [5.41, 5.74) is 0. The largest absolute Gasteiger partial charge is 0.348 e. The Labute approximate surface area is 121 Å². The van der Waals surface area contributed by atoms with Gasteiger partial charge in [0.2, 0.25) is 0 Å². The van der Waals surface area contributed by atoms with Crippen molar-refractivity contribution in [1.29, 1.82) is 0 Å². The first-order valence-corrected chi connectivity index (χ1v) is 8.29. The molecule has 17 heavy (non-hydrogen) atoms. The average molecular weight is 379 g/mol. The molecule has 3 atom stereocenters. The molecule has 3 unspecified atom stereocenters. The van der Waals surface area contributed by atoms with E-state index in [0.29, 0.717) is 6.04 Å². The molecule has 0 aliphatic heterocycles. The van der Waals surface area contributed by atoms with E-state index in [0.717, 1.165) is 25.0 Å². The number of rotatable bonds is 2. The molecular formula is C12H13Br2NOS. The first-order valence-electron chi connectivity index (χ1n) is 5.89. The zero-order valence-electron chi connectivity index (χ0n) is 9.21. The van der Waals surface area contributed by atoms with Gasteiger partial charge in [-0.05, 0) is 69.0 Å². The van der Waals surface area contributed by atoms with Crippen molar-refractivity contribution >= 4 is 49.1 Å². The van der Waals surface area contributed by atoms with Crippen LogP contribution in [0.15, 0.2) is 14.3 Å². The van der Waals surface area contributed by atoms with Gasteiger partial charge >= 0.3 is 0 Å². The fourth-order valence-electron chi connectivity index (χ4n) is 3.12. The van der Waals surface area contributed by atoms with E-state index in [1.54, 1.807) is 0 Å². The number of amides is 1. The predicted octanol–water partition coefficient (Wildman–Crippen LogP) is 4.19. The van der Waals surface area contributed by atoms with Gasteiger partial charge in [0, 0.05) is 10.5 Å². The molecule has 1 aromatic heterocycles. The van der Waals surface area contributed by atoms with Crippen LogP contribution in [0.3, 0.4) is 0 Å². The lowest BCUT2D eigenvalue weighted by atomic mass is 9.95. The number of nitrogens with one attached hydrogen (secondary N) is 1. The summed E-state index contributed by atoms with van der Waals surface area (Å²) in [5, 5.41) is 3.20. The topological polar surface area (TPSA) is 29.1 Å². The molecule has 1 aromatic rings. The highest BCUT2D eigenvalue weighted by Crippen LogP contribution is 2.44. The number of hydrogen-bond acceptors (Lipinski definition) is 2. The molecule has 1 heterocycles. The van der Waals surface area contributed by atoms with Crippen LogP contribution in [0.25, 0.3) is 0 Å². The Morgan fingerprint density at radius 2 is 2.18 bits per heavy atom. The molecule has 92 valence electrons. The van der Waals surface area contributed by atoms with Gasteiger partial charge in [-0.1, -0.05) is 6.42 Å². The van der Waals surface area contributed by atoms with Gasteiger partial charge < -0.3 is 5.32 Å². The Kier molecular flexibility index (Phi) is 3.34. The molecule has 0 aromatic carbocycles. The Morgan fingerprint density at radius 3 is 2.71 bits per heavy atom. The lowest BCUT2D eigenvalue weighted by Crippen LogP contribution is -2.38. The summed E-state index contributed by atoms with van der Waals surface area (Å²) < 4.78 is 1.94. The van der Waals surface area contributed by atoms with Crippen LogP contribution >= 0.6 is 43.2 Å². The van der Waals surface area contributed by atoms with E-state index in [4.69, 9.17) is 0 Å². The molecule has 2 saturated carbocycles. The molecule has 1 amide bonds. The SMILES string of the molecule is O=C(NC1CC2CCC1C2)c1cc(Br)c(Br)s1. The van der Waals surface area contributed by atoms with Crippen molar-refractivity contribution in [3.05, 3.63) is 19.2 Å². The normalized spacial score (nSPS) is 30.8. The molecule has 0 saturated heterocycles. The standard InChI is InChI=1S/C12H13Br2NOS/c13-8-5-10(17-11(8)14)12(16)15-9-4-6-1-2-7(9)3-6/h5-7,9H,1-4H2,(H,15,16). The fourth-order valence-corrected chi connectivity index (χ4v) is 5.06. The zero-order valence-corrected chi connectivity index (χ0v) is 13.2. The highest BCUT2D eigenvalue weighted by molar-refractivity contribution is 9.13. The molecule has 2 aliphatic carbocycles. The van der Waals surface area contributed by atoms with Crippen molar-refractivity contribution in [2.45, 2.75) is 31.7 Å². The first kappa shape index (κ1) is 12.2. The summed E-state index contributed by atoms with van der Waals surface area (Å²) in [7, 11) is 0. The van der Waals surface area contributed by atoms with Crippen LogP contribution in [0.4, 0.5) is 0 Å². The van der Waals surface area contributed by atoms with Crippen LogP contribution in [0.1, 0.15) is 35.4 Å². The number of halogens is 2. The molecule has 0 radical (unpaired) electrons. The Hall–Kier alpha value is 0.130. The van der Waals surface area contributed by atoms with Crippen molar-refractivity contribution < 1.29 is 4.79 Å². The molecule has 0 spiro atoms. The van der Waals surface area contributed by atoms with Crippen molar-refractivity contribution in [3.8, 4) is 0 Å². The Morgan fingerprint density at radius 1 is 1.35 bits per heavy atom. The summed E-state index contributed by atoms with van der Waals surface area (Å²) >= 11 is 8.32. The van der Waals surface area contributed by atoms with Gasteiger partial charge in [0.15, 0.2) is 0 Å². The van der Waals surface area contributed by atoms with Crippen LogP contribution in [0.5, 0.6) is 0 Å². The number of thiophene rings is 1. The quantitative estimate of drug-likeness (QED) is 0.821. The second-order valence-electron chi connectivity index (χ2n) is 4.99. The molecule has 2 nitrogen and oxygen atoms in total. The van der Waals surface area contributed by atoms with E-state index < -0.39 is 0 Å². The van der Waals surface area contributed by atoms with Gasteiger partial charge in [0.25, 0.3) is 5.91 Å². The van der Waals surface area contributed by atoms with Crippen molar-refractivity contribution in [3.63, 3.8) is 0 Å². The number of carbonyl (C=O) groups excluding carboxylic acids is 1. The van der Waals surface area contributed by atoms with Gasteiger partial charge in [-0.25, -0.2) is 0 Å². The van der Waals surface area contributed by atoms with Gasteiger partial charge in [-0.15, -0.1) is 11.3 Å². The van der Waals surface area contributed by atoms with Crippen molar-refractivity contribution in [2.24, 2.45) is 11.8 Å². The molecule has 2 fully saturated rings. The third-order valence-electron chi connectivity index (χ3n) is 3.92. The van der Waals surface area contributed by atoms with Crippen LogP contribution in [0.2, 0.25) is 0 Å². The number of carbonyl (C=O) groups is 1. The number of fused-ring (bicyclic) bond motifs is 2. The second kappa shape index (κ2) is 4.67. The van der Waals surface area contributed by atoms with Gasteiger partial charge in [-0.2, -0.15) is 0 Å². The Bertz CT molecular complexity index is 440. The Balaban J connectivity index is 1.67. The van der Waals surface area contributed by atoms with Crippen LogP contribution in [-0.4, -0.2) is 11.9 Å². The monoisotopic (exact) mass is 377 g/mol. The highest BCUT2D eigenvalue weighted by Gasteiger charge is 2.40. The summed E-state index contributed by atoms with van der Waals surface area (Å²) in [6.45, 7) is 0. The van der Waals surface area contributed by atoms with E-state index in [2.05, 4.69) is 37.2 Å². The van der Waals surface area contributed by atoms with Crippen LogP contribution < -0.4 is 5.32 Å². The minimum Gasteiger partial charge on any atom is -0.348 e. The van der Waals surface area contributed by atoms with E-state index in [-0.39, 0.29) is 5.91 Å². The number of hydrogen-bond donors (Lipinski definition) is 1.